The standard InChI is InChI=1S/C11H17NO4S2/c1-4-11(3,5-2)12-18(15,16)9-6-8(7-17-9)10(13)14/h6-7,12H,4-5H2,1-3H3,(H,13,14). The van der Waals surface area contributed by atoms with Crippen molar-refractivity contribution in [2.24, 2.45) is 0 Å². The summed E-state index contributed by atoms with van der Waals surface area (Å²) in [4.78, 5) is 10.7. The van der Waals surface area contributed by atoms with Gasteiger partial charge in [0, 0.05) is 10.9 Å². The van der Waals surface area contributed by atoms with Crippen LogP contribution in [0.3, 0.4) is 0 Å². The first-order valence-electron chi connectivity index (χ1n) is 5.60. The van der Waals surface area contributed by atoms with E-state index in [9.17, 15) is 13.2 Å². The predicted octanol–water partition coefficient (Wildman–Crippen LogP) is 2.30. The third-order valence-electron chi connectivity index (χ3n) is 3.03. The van der Waals surface area contributed by atoms with Crippen LogP contribution in [0.25, 0.3) is 0 Å². The number of sulfonamides is 1. The van der Waals surface area contributed by atoms with E-state index in [-0.39, 0.29) is 9.77 Å². The molecule has 2 N–H and O–H groups in total. The number of carboxylic acids is 1. The van der Waals surface area contributed by atoms with Gasteiger partial charge in [-0.15, -0.1) is 11.3 Å². The van der Waals surface area contributed by atoms with Crippen molar-refractivity contribution in [1.82, 2.24) is 4.72 Å². The van der Waals surface area contributed by atoms with Gasteiger partial charge < -0.3 is 5.11 Å². The summed E-state index contributed by atoms with van der Waals surface area (Å²) < 4.78 is 26.9. The maximum atomic E-state index is 12.1. The van der Waals surface area contributed by atoms with Crippen LogP contribution in [0.2, 0.25) is 0 Å². The molecule has 1 aromatic rings. The molecular formula is C11H17NO4S2. The van der Waals surface area contributed by atoms with Gasteiger partial charge in [0.25, 0.3) is 10.0 Å². The number of rotatable bonds is 6. The number of carboxylic acid groups (broad SMARTS) is 1. The molecule has 1 heterocycles. The van der Waals surface area contributed by atoms with Crippen LogP contribution in [0.15, 0.2) is 15.7 Å². The molecule has 0 saturated heterocycles. The van der Waals surface area contributed by atoms with E-state index in [1.807, 2.05) is 20.8 Å². The molecule has 0 radical (unpaired) electrons. The summed E-state index contributed by atoms with van der Waals surface area (Å²) in [6, 6.07) is 1.18. The molecule has 5 nitrogen and oxygen atoms in total. The van der Waals surface area contributed by atoms with Gasteiger partial charge in [-0.25, -0.2) is 17.9 Å². The Balaban J connectivity index is 3.03. The first-order valence-corrected chi connectivity index (χ1v) is 7.96. The molecule has 0 aliphatic carbocycles. The van der Waals surface area contributed by atoms with Gasteiger partial charge in [0.1, 0.15) is 4.21 Å². The molecule has 0 aliphatic rings. The van der Waals surface area contributed by atoms with E-state index in [2.05, 4.69) is 4.72 Å². The summed E-state index contributed by atoms with van der Waals surface area (Å²) in [6.45, 7) is 5.64. The fourth-order valence-electron chi connectivity index (χ4n) is 1.34. The minimum Gasteiger partial charge on any atom is -0.478 e. The summed E-state index contributed by atoms with van der Waals surface area (Å²) in [5.41, 5.74) is -0.512. The second-order valence-corrected chi connectivity index (χ2v) is 7.15. The quantitative estimate of drug-likeness (QED) is 0.842. The van der Waals surface area contributed by atoms with Crippen molar-refractivity contribution < 1.29 is 18.3 Å². The largest absolute Gasteiger partial charge is 0.478 e. The van der Waals surface area contributed by atoms with Gasteiger partial charge in [0.2, 0.25) is 0 Å². The second kappa shape index (κ2) is 5.38. The Morgan fingerprint density at radius 1 is 1.44 bits per heavy atom. The van der Waals surface area contributed by atoms with E-state index >= 15 is 0 Å². The number of carbonyl (C=O) groups is 1. The average molecular weight is 291 g/mol. The van der Waals surface area contributed by atoms with Crippen molar-refractivity contribution in [3.05, 3.63) is 17.0 Å². The molecule has 0 bridgehead atoms. The van der Waals surface area contributed by atoms with Crippen molar-refractivity contribution in [1.29, 1.82) is 0 Å². The van der Waals surface area contributed by atoms with Crippen LogP contribution in [0.5, 0.6) is 0 Å². The van der Waals surface area contributed by atoms with E-state index in [4.69, 9.17) is 5.11 Å². The molecule has 18 heavy (non-hydrogen) atoms. The highest BCUT2D eigenvalue weighted by Gasteiger charge is 2.28. The Kier molecular flexibility index (Phi) is 4.52. The van der Waals surface area contributed by atoms with E-state index < -0.39 is 21.5 Å². The Morgan fingerprint density at radius 2 is 2.00 bits per heavy atom. The average Bonchev–Trinajstić information content (AvgIpc) is 2.78. The molecule has 0 amide bonds. The van der Waals surface area contributed by atoms with E-state index in [0.29, 0.717) is 12.8 Å². The third kappa shape index (κ3) is 3.30. The van der Waals surface area contributed by atoms with Gasteiger partial charge in [0.15, 0.2) is 0 Å². The van der Waals surface area contributed by atoms with Gasteiger partial charge in [-0.2, -0.15) is 0 Å². The third-order valence-corrected chi connectivity index (χ3v) is 6.11. The predicted molar refractivity (Wildman–Crippen MR) is 70.6 cm³/mol. The van der Waals surface area contributed by atoms with Crippen LogP contribution in [-0.4, -0.2) is 25.0 Å². The smallest absolute Gasteiger partial charge is 0.336 e. The van der Waals surface area contributed by atoms with E-state index in [1.165, 1.54) is 11.4 Å². The van der Waals surface area contributed by atoms with E-state index in [0.717, 1.165) is 11.3 Å². The molecule has 0 aromatic carbocycles. The van der Waals surface area contributed by atoms with Crippen LogP contribution in [0.4, 0.5) is 0 Å². The molecule has 1 rings (SSSR count). The Labute approximate surface area is 111 Å². The minimum atomic E-state index is -3.65. The molecule has 0 aliphatic heterocycles. The maximum absolute atomic E-state index is 12.1. The number of nitrogens with one attached hydrogen (secondary N) is 1. The molecule has 0 unspecified atom stereocenters. The highest BCUT2D eigenvalue weighted by molar-refractivity contribution is 7.91. The number of hydrogen-bond acceptors (Lipinski definition) is 4. The van der Waals surface area contributed by atoms with Crippen molar-refractivity contribution in [3.8, 4) is 0 Å². The summed E-state index contributed by atoms with van der Waals surface area (Å²) in [6.07, 6.45) is 1.33. The molecule has 7 heteroatoms. The second-order valence-electron chi connectivity index (χ2n) is 4.33. The lowest BCUT2D eigenvalue weighted by molar-refractivity contribution is 0.0697. The zero-order chi connectivity index (χ0) is 14.0. The van der Waals surface area contributed by atoms with Crippen LogP contribution >= 0.6 is 11.3 Å². The number of thiophene rings is 1. The lowest BCUT2D eigenvalue weighted by Crippen LogP contribution is -2.44. The SMILES string of the molecule is CCC(C)(CC)NS(=O)(=O)c1cc(C(=O)O)cs1. The van der Waals surface area contributed by atoms with Crippen LogP contribution < -0.4 is 4.72 Å². The molecule has 0 fully saturated rings. The highest BCUT2D eigenvalue weighted by atomic mass is 32.2. The lowest BCUT2D eigenvalue weighted by atomic mass is 9.98. The summed E-state index contributed by atoms with van der Waals surface area (Å²) >= 11 is 0.915. The van der Waals surface area contributed by atoms with Crippen LogP contribution in [0, 0.1) is 0 Å². The first-order chi connectivity index (χ1) is 8.24. The van der Waals surface area contributed by atoms with Crippen molar-refractivity contribution >= 4 is 27.3 Å². The zero-order valence-electron chi connectivity index (χ0n) is 10.6. The lowest BCUT2D eigenvalue weighted by Gasteiger charge is -2.27. The van der Waals surface area contributed by atoms with Gasteiger partial charge >= 0.3 is 5.97 Å². The normalized spacial score (nSPS) is 12.6. The Hall–Kier alpha value is -0.920. The summed E-state index contributed by atoms with van der Waals surface area (Å²) in [7, 11) is -3.65. The monoisotopic (exact) mass is 291 g/mol. The van der Waals surface area contributed by atoms with Gasteiger partial charge in [-0.1, -0.05) is 13.8 Å². The minimum absolute atomic E-state index is 0.00456. The van der Waals surface area contributed by atoms with Crippen LogP contribution in [0.1, 0.15) is 44.0 Å². The Morgan fingerprint density at radius 3 is 2.39 bits per heavy atom. The van der Waals surface area contributed by atoms with Gasteiger partial charge in [-0.05, 0) is 25.8 Å². The Bertz CT molecular complexity index is 529. The highest BCUT2D eigenvalue weighted by Crippen LogP contribution is 2.24. The van der Waals surface area contributed by atoms with Crippen molar-refractivity contribution in [2.75, 3.05) is 0 Å². The van der Waals surface area contributed by atoms with Crippen molar-refractivity contribution in [2.45, 2.75) is 43.4 Å². The van der Waals surface area contributed by atoms with Crippen LogP contribution in [-0.2, 0) is 10.0 Å². The van der Waals surface area contributed by atoms with E-state index in [1.54, 1.807) is 0 Å². The number of aromatic carboxylic acids is 1. The maximum Gasteiger partial charge on any atom is 0.336 e. The summed E-state index contributed by atoms with van der Waals surface area (Å²) in [5, 5.41) is 10.1. The fourth-order valence-corrected chi connectivity index (χ4v) is 4.04. The number of hydrogen-bond donors (Lipinski definition) is 2. The topological polar surface area (TPSA) is 83.5 Å². The first kappa shape index (κ1) is 15.1. The molecule has 0 atom stereocenters. The molecule has 0 spiro atoms. The van der Waals surface area contributed by atoms with Gasteiger partial charge in [-0.3, -0.25) is 0 Å². The van der Waals surface area contributed by atoms with Crippen molar-refractivity contribution in [3.63, 3.8) is 0 Å². The molecule has 0 saturated carbocycles. The molecule has 102 valence electrons. The fraction of sp³-hybridized carbons (Fsp3) is 0.545. The summed E-state index contributed by atoms with van der Waals surface area (Å²) in [5.74, 6) is -1.12. The molecular weight excluding hydrogens is 274 g/mol. The van der Waals surface area contributed by atoms with Gasteiger partial charge in [0.05, 0.1) is 5.56 Å². The molecule has 1 aromatic heterocycles. The zero-order valence-corrected chi connectivity index (χ0v) is 12.2.